The highest BCUT2D eigenvalue weighted by molar-refractivity contribution is 7.89. The molecule has 1 saturated heterocycles. The Balaban J connectivity index is 2.02. The van der Waals surface area contributed by atoms with Crippen LogP contribution in [0.25, 0.3) is 0 Å². The lowest BCUT2D eigenvalue weighted by molar-refractivity contribution is -0.140. The lowest BCUT2D eigenvalue weighted by atomic mass is 10.2. The van der Waals surface area contributed by atoms with Crippen LogP contribution in [0, 0.1) is 6.92 Å². The Morgan fingerprint density at radius 1 is 1.57 bits per heavy atom. The third kappa shape index (κ3) is 3.82. The largest absolute Gasteiger partial charge is 0.469 e. The SMILES string of the molecule is COC(=O)CCCS(=O)(=O)N1CCCC1c1cc(C)no1. The van der Waals surface area contributed by atoms with Crippen LogP contribution in [0.3, 0.4) is 0 Å². The minimum absolute atomic E-state index is 0.0638. The molecule has 8 heteroatoms. The van der Waals surface area contributed by atoms with E-state index >= 15 is 0 Å². The van der Waals surface area contributed by atoms with E-state index in [1.165, 1.54) is 11.4 Å². The molecule has 0 aromatic carbocycles. The first kappa shape index (κ1) is 16.0. The van der Waals surface area contributed by atoms with Crippen molar-refractivity contribution in [2.75, 3.05) is 19.4 Å². The molecule has 1 aliphatic rings. The van der Waals surface area contributed by atoms with Gasteiger partial charge >= 0.3 is 5.97 Å². The summed E-state index contributed by atoms with van der Waals surface area (Å²) in [7, 11) is -2.12. The van der Waals surface area contributed by atoms with Gasteiger partial charge in [0.1, 0.15) is 0 Å². The van der Waals surface area contributed by atoms with Crippen molar-refractivity contribution in [1.82, 2.24) is 9.46 Å². The normalized spacial score (nSPS) is 19.8. The topological polar surface area (TPSA) is 89.7 Å². The first-order chi connectivity index (χ1) is 9.94. The van der Waals surface area contributed by atoms with Gasteiger partial charge in [0.15, 0.2) is 5.76 Å². The van der Waals surface area contributed by atoms with E-state index in [9.17, 15) is 13.2 Å². The van der Waals surface area contributed by atoms with Crippen LogP contribution in [0.2, 0.25) is 0 Å². The molecule has 2 heterocycles. The van der Waals surface area contributed by atoms with Crippen LogP contribution in [-0.2, 0) is 19.6 Å². The lowest BCUT2D eigenvalue weighted by Gasteiger charge is -2.21. The predicted molar refractivity (Wildman–Crippen MR) is 75.0 cm³/mol. The Bertz CT molecular complexity index is 595. The van der Waals surface area contributed by atoms with E-state index in [2.05, 4.69) is 9.89 Å². The molecule has 1 aromatic rings. The Kier molecular flexibility index (Phi) is 5.00. The molecule has 1 aromatic heterocycles. The number of hydrogen-bond acceptors (Lipinski definition) is 6. The summed E-state index contributed by atoms with van der Waals surface area (Å²) in [6, 6.07) is 1.49. The molecule has 21 heavy (non-hydrogen) atoms. The van der Waals surface area contributed by atoms with Crippen molar-refractivity contribution < 1.29 is 22.5 Å². The number of ether oxygens (including phenoxy) is 1. The van der Waals surface area contributed by atoms with E-state index in [0.29, 0.717) is 12.3 Å². The summed E-state index contributed by atoms with van der Waals surface area (Å²) in [5.41, 5.74) is 0.736. The van der Waals surface area contributed by atoms with Crippen LogP contribution in [0.1, 0.15) is 43.2 Å². The van der Waals surface area contributed by atoms with Gasteiger partial charge in [-0.2, -0.15) is 4.31 Å². The first-order valence-corrected chi connectivity index (χ1v) is 8.54. The zero-order chi connectivity index (χ0) is 15.5. The van der Waals surface area contributed by atoms with Crippen LogP contribution in [0.5, 0.6) is 0 Å². The molecule has 2 rings (SSSR count). The van der Waals surface area contributed by atoms with E-state index < -0.39 is 16.0 Å². The van der Waals surface area contributed by atoms with Gasteiger partial charge in [-0.1, -0.05) is 5.16 Å². The fourth-order valence-corrected chi connectivity index (χ4v) is 4.26. The van der Waals surface area contributed by atoms with Gasteiger partial charge in [0.05, 0.1) is 24.6 Å². The van der Waals surface area contributed by atoms with Crippen molar-refractivity contribution in [3.05, 3.63) is 17.5 Å². The second-order valence-corrected chi connectivity index (χ2v) is 7.18. The zero-order valence-corrected chi connectivity index (χ0v) is 13.1. The number of carbonyl (C=O) groups excluding carboxylic acids is 1. The second kappa shape index (κ2) is 6.57. The van der Waals surface area contributed by atoms with Gasteiger partial charge in [0.2, 0.25) is 10.0 Å². The highest BCUT2D eigenvalue weighted by atomic mass is 32.2. The van der Waals surface area contributed by atoms with Crippen LogP contribution in [-0.4, -0.2) is 43.3 Å². The van der Waals surface area contributed by atoms with Crippen LogP contribution < -0.4 is 0 Å². The maximum absolute atomic E-state index is 12.4. The summed E-state index contributed by atoms with van der Waals surface area (Å²) < 4.78 is 36.0. The Morgan fingerprint density at radius 3 is 2.95 bits per heavy atom. The predicted octanol–water partition coefficient (Wildman–Crippen LogP) is 1.40. The van der Waals surface area contributed by atoms with Gasteiger partial charge < -0.3 is 9.26 Å². The highest BCUT2D eigenvalue weighted by Gasteiger charge is 2.37. The number of carbonyl (C=O) groups is 1. The van der Waals surface area contributed by atoms with Crippen molar-refractivity contribution in [2.24, 2.45) is 0 Å². The molecule has 7 nitrogen and oxygen atoms in total. The van der Waals surface area contributed by atoms with Crippen molar-refractivity contribution >= 4 is 16.0 Å². The summed E-state index contributed by atoms with van der Waals surface area (Å²) in [6.07, 6.45) is 1.88. The summed E-state index contributed by atoms with van der Waals surface area (Å²) in [6.45, 7) is 2.28. The maximum Gasteiger partial charge on any atom is 0.305 e. The molecule has 0 aliphatic carbocycles. The minimum atomic E-state index is -3.41. The third-order valence-electron chi connectivity index (χ3n) is 3.55. The summed E-state index contributed by atoms with van der Waals surface area (Å²) in [5.74, 6) is 0.127. The van der Waals surface area contributed by atoms with Crippen molar-refractivity contribution in [3.8, 4) is 0 Å². The molecule has 118 valence electrons. The summed E-state index contributed by atoms with van der Waals surface area (Å²) >= 11 is 0. The lowest BCUT2D eigenvalue weighted by Crippen LogP contribution is -2.32. The van der Waals surface area contributed by atoms with Gasteiger partial charge in [0.25, 0.3) is 0 Å². The molecular weight excluding hydrogens is 296 g/mol. The number of sulfonamides is 1. The number of esters is 1. The quantitative estimate of drug-likeness (QED) is 0.737. The number of hydrogen-bond donors (Lipinski definition) is 0. The number of methoxy groups -OCH3 is 1. The molecule has 1 atom stereocenters. The number of aromatic nitrogens is 1. The average molecular weight is 316 g/mol. The fourth-order valence-electron chi connectivity index (χ4n) is 2.52. The molecule has 0 amide bonds. The second-order valence-electron chi connectivity index (χ2n) is 5.14. The van der Waals surface area contributed by atoms with Crippen LogP contribution >= 0.6 is 0 Å². The molecule has 0 bridgehead atoms. The number of rotatable bonds is 6. The average Bonchev–Trinajstić information content (AvgIpc) is 3.06. The zero-order valence-electron chi connectivity index (χ0n) is 12.2. The van der Waals surface area contributed by atoms with E-state index in [4.69, 9.17) is 4.52 Å². The Hall–Kier alpha value is -1.41. The standard InChI is InChI=1S/C13H20N2O5S/c1-10-9-12(20-14-10)11-5-3-7-15(11)21(17,18)8-4-6-13(16)19-2/h9,11H,3-8H2,1-2H3. The Labute approximate surface area is 124 Å². The smallest absolute Gasteiger partial charge is 0.305 e. The van der Waals surface area contributed by atoms with Crippen molar-refractivity contribution in [3.63, 3.8) is 0 Å². The number of aryl methyl sites for hydroxylation is 1. The fraction of sp³-hybridized carbons (Fsp3) is 0.692. The highest BCUT2D eigenvalue weighted by Crippen LogP contribution is 2.34. The molecule has 0 saturated carbocycles. The molecule has 0 spiro atoms. The van der Waals surface area contributed by atoms with Gasteiger partial charge in [-0.15, -0.1) is 0 Å². The molecule has 1 fully saturated rings. The third-order valence-corrected chi connectivity index (χ3v) is 5.50. The van der Waals surface area contributed by atoms with Gasteiger partial charge in [0, 0.05) is 19.0 Å². The maximum atomic E-state index is 12.4. The van der Waals surface area contributed by atoms with Gasteiger partial charge in [-0.3, -0.25) is 4.79 Å². The van der Waals surface area contributed by atoms with Crippen LogP contribution in [0.15, 0.2) is 10.6 Å². The molecule has 0 N–H and O–H groups in total. The van der Waals surface area contributed by atoms with Crippen molar-refractivity contribution in [2.45, 2.75) is 38.6 Å². The van der Waals surface area contributed by atoms with E-state index in [1.807, 2.05) is 0 Å². The van der Waals surface area contributed by atoms with E-state index in [1.54, 1.807) is 13.0 Å². The van der Waals surface area contributed by atoms with Crippen LogP contribution in [0.4, 0.5) is 0 Å². The molecule has 1 aliphatic heterocycles. The van der Waals surface area contributed by atoms with Gasteiger partial charge in [-0.25, -0.2) is 8.42 Å². The summed E-state index contributed by atoms with van der Waals surface area (Å²) in [4.78, 5) is 11.1. The minimum Gasteiger partial charge on any atom is -0.469 e. The summed E-state index contributed by atoms with van der Waals surface area (Å²) in [5, 5.41) is 3.82. The van der Waals surface area contributed by atoms with E-state index in [-0.39, 0.29) is 24.6 Å². The van der Waals surface area contributed by atoms with Gasteiger partial charge in [-0.05, 0) is 26.2 Å². The Morgan fingerprint density at radius 2 is 2.33 bits per heavy atom. The molecule has 1 unspecified atom stereocenters. The molecular formula is C13H20N2O5S. The monoisotopic (exact) mass is 316 g/mol. The van der Waals surface area contributed by atoms with Crippen molar-refractivity contribution in [1.29, 1.82) is 0 Å². The first-order valence-electron chi connectivity index (χ1n) is 6.93. The number of nitrogens with zero attached hydrogens (tertiary/aromatic N) is 2. The molecule has 0 radical (unpaired) electrons. The van der Waals surface area contributed by atoms with E-state index in [0.717, 1.165) is 18.5 Å².